The molecule has 3 nitrogen and oxygen atoms in total. The number of carbonyl (C=O) groups excluding carboxylic acids is 1. The molecule has 1 aromatic carbocycles. The minimum atomic E-state index is -0.318. The molecule has 0 aliphatic carbocycles. The van der Waals surface area contributed by atoms with Crippen molar-refractivity contribution in [2.45, 2.75) is 33.3 Å². The highest BCUT2D eigenvalue weighted by Gasteiger charge is 2.10. The van der Waals surface area contributed by atoms with E-state index in [1.807, 2.05) is 26.0 Å². The first-order chi connectivity index (χ1) is 11.0. The van der Waals surface area contributed by atoms with Gasteiger partial charge in [0.15, 0.2) is 0 Å². The second-order valence-corrected chi connectivity index (χ2v) is 5.49. The largest absolute Gasteiger partial charge is 0.490 e. The molecule has 1 atom stereocenters. The molecule has 0 aliphatic rings. The number of aryl methyl sites for hydroxylation is 1. The number of halogens is 1. The maximum atomic E-state index is 11.7. The highest BCUT2D eigenvalue weighted by Crippen LogP contribution is 2.22. The lowest BCUT2D eigenvalue weighted by Gasteiger charge is -2.15. The average molecular weight is 335 g/mol. The summed E-state index contributed by atoms with van der Waals surface area (Å²) in [6.45, 7) is 9.62. The van der Waals surface area contributed by atoms with Crippen LogP contribution in [0.2, 0.25) is 0 Å². The van der Waals surface area contributed by atoms with Crippen LogP contribution >= 0.6 is 11.6 Å². The predicted molar refractivity (Wildman–Crippen MR) is 95.1 cm³/mol. The summed E-state index contributed by atoms with van der Waals surface area (Å²) >= 11 is 5.94. The number of benzene rings is 1. The van der Waals surface area contributed by atoms with Gasteiger partial charge < -0.3 is 9.47 Å². The van der Waals surface area contributed by atoms with E-state index in [4.69, 9.17) is 21.1 Å². The molecular weight excluding hydrogens is 312 g/mol. The Labute approximate surface area is 143 Å². The molecule has 1 aromatic rings. The van der Waals surface area contributed by atoms with Gasteiger partial charge in [0.1, 0.15) is 5.75 Å². The Bertz CT molecular complexity index is 603. The SMILES string of the molecule is C=C/C=C(Cl)\C=C/CC(C)Oc1ccc(C(=O)OCC)cc1C. The fraction of sp³-hybridized carbons (Fsp3) is 0.316. The minimum Gasteiger partial charge on any atom is -0.490 e. The van der Waals surface area contributed by atoms with Gasteiger partial charge in [-0.25, -0.2) is 4.79 Å². The number of esters is 1. The zero-order chi connectivity index (χ0) is 17.2. The second kappa shape index (κ2) is 9.90. The standard InChI is InChI=1S/C19H23ClO3/c1-5-8-17(20)10-7-9-15(4)23-18-12-11-16(13-14(18)3)19(21)22-6-2/h5,7-8,10-13,15H,1,6,9H2,2-4H3/b10-7-,17-8+. The van der Waals surface area contributed by atoms with Gasteiger partial charge >= 0.3 is 5.97 Å². The van der Waals surface area contributed by atoms with Crippen molar-refractivity contribution in [2.24, 2.45) is 0 Å². The first-order valence-corrected chi connectivity index (χ1v) is 7.94. The Morgan fingerprint density at radius 2 is 2.17 bits per heavy atom. The van der Waals surface area contributed by atoms with Crippen LogP contribution in [0.25, 0.3) is 0 Å². The molecule has 0 radical (unpaired) electrons. The topological polar surface area (TPSA) is 35.5 Å². The Morgan fingerprint density at radius 1 is 1.43 bits per heavy atom. The van der Waals surface area contributed by atoms with Gasteiger partial charge in [0.05, 0.1) is 18.3 Å². The molecule has 0 amide bonds. The monoisotopic (exact) mass is 334 g/mol. The molecule has 0 bridgehead atoms. The summed E-state index contributed by atoms with van der Waals surface area (Å²) in [6, 6.07) is 5.29. The third-order valence-corrected chi connectivity index (χ3v) is 3.29. The molecule has 1 unspecified atom stereocenters. The maximum absolute atomic E-state index is 11.7. The van der Waals surface area contributed by atoms with Crippen LogP contribution in [0.1, 0.15) is 36.2 Å². The van der Waals surface area contributed by atoms with Crippen LogP contribution in [0.4, 0.5) is 0 Å². The quantitative estimate of drug-likeness (QED) is 0.484. The first kappa shape index (κ1) is 19.0. The van der Waals surface area contributed by atoms with Crippen molar-refractivity contribution in [2.75, 3.05) is 6.61 Å². The zero-order valence-corrected chi connectivity index (χ0v) is 14.6. The lowest BCUT2D eigenvalue weighted by Crippen LogP contribution is -2.12. The van der Waals surface area contributed by atoms with Crippen molar-refractivity contribution in [3.63, 3.8) is 0 Å². The Balaban J connectivity index is 2.65. The maximum Gasteiger partial charge on any atom is 0.338 e. The van der Waals surface area contributed by atoms with Crippen molar-refractivity contribution >= 4 is 17.6 Å². The summed E-state index contributed by atoms with van der Waals surface area (Å²) in [6.07, 6.45) is 7.85. The van der Waals surface area contributed by atoms with E-state index in [0.717, 1.165) is 17.7 Å². The summed E-state index contributed by atoms with van der Waals surface area (Å²) in [5.74, 6) is 0.438. The van der Waals surface area contributed by atoms with Crippen LogP contribution < -0.4 is 4.74 Å². The molecule has 1 rings (SSSR count). The van der Waals surface area contributed by atoms with Gasteiger partial charge in [-0.2, -0.15) is 0 Å². The number of carbonyl (C=O) groups is 1. The van der Waals surface area contributed by atoms with Gasteiger partial charge in [0.25, 0.3) is 0 Å². The Morgan fingerprint density at radius 3 is 2.78 bits per heavy atom. The number of ether oxygens (including phenoxy) is 2. The van der Waals surface area contributed by atoms with Crippen molar-refractivity contribution in [3.8, 4) is 5.75 Å². The van der Waals surface area contributed by atoms with Crippen molar-refractivity contribution in [1.82, 2.24) is 0 Å². The summed E-state index contributed by atoms with van der Waals surface area (Å²) in [5.41, 5.74) is 1.43. The molecule has 4 heteroatoms. The molecule has 0 N–H and O–H groups in total. The lowest BCUT2D eigenvalue weighted by atomic mass is 10.1. The molecule has 0 aromatic heterocycles. The molecule has 0 heterocycles. The Hall–Kier alpha value is -2.00. The van der Waals surface area contributed by atoms with Crippen LogP contribution in [0.5, 0.6) is 5.75 Å². The average Bonchev–Trinajstić information content (AvgIpc) is 2.49. The number of hydrogen-bond acceptors (Lipinski definition) is 3. The van der Waals surface area contributed by atoms with Gasteiger partial charge in [-0.05, 0) is 56.7 Å². The van der Waals surface area contributed by atoms with Crippen LogP contribution in [-0.4, -0.2) is 18.7 Å². The lowest BCUT2D eigenvalue weighted by molar-refractivity contribution is 0.0526. The van der Waals surface area contributed by atoms with Crippen LogP contribution in [0.3, 0.4) is 0 Å². The third-order valence-electron chi connectivity index (χ3n) is 3.04. The highest BCUT2D eigenvalue weighted by atomic mass is 35.5. The number of rotatable bonds is 8. The van der Waals surface area contributed by atoms with E-state index in [1.165, 1.54) is 0 Å². The van der Waals surface area contributed by atoms with E-state index in [-0.39, 0.29) is 12.1 Å². The van der Waals surface area contributed by atoms with E-state index in [0.29, 0.717) is 17.2 Å². The Kier molecular flexibility index (Phi) is 8.20. The molecule has 0 saturated heterocycles. The minimum absolute atomic E-state index is 0.00779. The van der Waals surface area contributed by atoms with E-state index in [2.05, 4.69) is 6.58 Å². The van der Waals surface area contributed by atoms with Crippen molar-refractivity contribution in [1.29, 1.82) is 0 Å². The predicted octanol–water partition coefficient (Wildman–Crippen LogP) is 5.19. The normalized spacial score (nSPS) is 13.0. The van der Waals surface area contributed by atoms with E-state index >= 15 is 0 Å². The molecule has 0 saturated carbocycles. The number of allylic oxidation sites excluding steroid dienone is 4. The molecule has 0 aliphatic heterocycles. The van der Waals surface area contributed by atoms with E-state index in [1.54, 1.807) is 37.3 Å². The van der Waals surface area contributed by atoms with E-state index in [9.17, 15) is 4.79 Å². The van der Waals surface area contributed by atoms with Crippen LogP contribution in [0, 0.1) is 6.92 Å². The molecular formula is C19H23ClO3. The number of hydrogen-bond donors (Lipinski definition) is 0. The molecule has 0 fully saturated rings. The van der Waals surface area contributed by atoms with Crippen LogP contribution in [-0.2, 0) is 4.74 Å². The van der Waals surface area contributed by atoms with Gasteiger partial charge in [-0.1, -0.05) is 30.3 Å². The molecule has 23 heavy (non-hydrogen) atoms. The zero-order valence-electron chi connectivity index (χ0n) is 13.8. The van der Waals surface area contributed by atoms with Crippen LogP contribution in [0.15, 0.2) is 54.1 Å². The van der Waals surface area contributed by atoms with Gasteiger partial charge in [0.2, 0.25) is 0 Å². The van der Waals surface area contributed by atoms with Crippen molar-refractivity contribution < 1.29 is 14.3 Å². The smallest absolute Gasteiger partial charge is 0.338 e. The fourth-order valence-corrected chi connectivity index (χ4v) is 2.11. The third kappa shape index (κ3) is 6.74. The van der Waals surface area contributed by atoms with Gasteiger partial charge in [-0.15, -0.1) is 0 Å². The van der Waals surface area contributed by atoms with Gasteiger partial charge in [-0.3, -0.25) is 0 Å². The van der Waals surface area contributed by atoms with Gasteiger partial charge in [0, 0.05) is 11.5 Å². The summed E-state index contributed by atoms with van der Waals surface area (Å²) in [4.78, 5) is 11.7. The summed E-state index contributed by atoms with van der Waals surface area (Å²) in [5, 5.41) is 0.627. The molecule has 124 valence electrons. The van der Waals surface area contributed by atoms with Crippen molar-refractivity contribution in [3.05, 3.63) is 65.2 Å². The fourth-order valence-electron chi connectivity index (χ4n) is 1.93. The second-order valence-electron chi connectivity index (χ2n) is 5.05. The highest BCUT2D eigenvalue weighted by molar-refractivity contribution is 6.31. The first-order valence-electron chi connectivity index (χ1n) is 7.57. The molecule has 0 spiro atoms. The summed E-state index contributed by atoms with van der Waals surface area (Å²) < 4.78 is 10.9. The van der Waals surface area contributed by atoms with E-state index < -0.39 is 0 Å². The summed E-state index contributed by atoms with van der Waals surface area (Å²) in [7, 11) is 0.